The molecular weight excluding hydrogens is 328 g/mol. The number of benzene rings is 1. The van der Waals surface area contributed by atoms with Crippen LogP contribution in [0, 0.1) is 0 Å². The summed E-state index contributed by atoms with van der Waals surface area (Å²) in [6.45, 7) is 5.28. The summed E-state index contributed by atoms with van der Waals surface area (Å²) in [7, 11) is 4.16. The Morgan fingerprint density at radius 1 is 1.12 bits per heavy atom. The molecule has 0 atom stereocenters. The highest BCUT2D eigenvalue weighted by molar-refractivity contribution is 5.74. The van der Waals surface area contributed by atoms with Gasteiger partial charge in [0.2, 0.25) is 0 Å². The lowest BCUT2D eigenvalue weighted by molar-refractivity contribution is 0.123. The number of rotatable bonds is 8. The van der Waals surface area contributed by atoms with Crippen LogP contribution in [-0.4, -0.2) is 68.4 Å². The van der Waals surface area contributed by atoms with Crippen LogP contribution >= 0.6 is 0 Å². The summed E-state index contributed by atoms with van der Waals surface area (Å²) in [6.07, 6.45) is 2.66. The Morgan fingerprint density at radius 2 is 1.88 bits per heavy atom. The summed E-state index contributed by atoms with van der Waals surface area (Å²) in [5, 5.41) is 6.80. The molecule has 1 aliphatic rings. The van der Waals surface area contributed by atoms with Crippen LogP contribution in [-0.2, 0) is 4.74 Å². The molecule has 3 rings (SSSR count). The number of ether oxygens (including phenoxy) is 1. The van der Waals surface area contributed by atoms with E-state index in [0.717, 1.165) is 63.1 Å². The van der Waals surface area contributed by atoms with Gasteiger partial charge in [-0.3, -0.25) is 0 Å². The van der Waals surface area contributed by atoms with Crippen molar-refractivity contribution < 1.29 is 4.74 Å². The minimum absolute atomic E-state index is 0.767. The van der Waals surface area contributed by atoms with Crippen molar-refractivity contribution in [1.82, 2.24) is 14.9 Å². The van der Waals surface area contributed by atoms with Gasteiger partial charge in [0.15, 0.2) is 0 Å². The lowest BCUT2D eigenvalue weighted by Gasteiger charge is -2.30. The molecule has 2 aromatic rings. The van der Waals surface area contributed by atoms with Crippen LogP contribution in [0.2, 0.25) is 0 Å². The standard InChI is InChI=1S/C19H28N6O/c1-24(2)9-5-8-20-18-14-19(22-15-21-18)23-16-6-3-4-7-17(16)25-10-12-26-13-11-25/h3-4,6-7,14-15H,5,8-13H2,1-2H3,(H2,20,21,22,23). The summed E-state index contributed by atoms with van der Waals surface area (Å²) >= 11 is 0. The van der Waals surface area contributed by atoms with Crippen LogP contribution in [0.4, 0.5) is 23.0 Å². The van der Waals surface area contributed by atoms with Gasteiger partial charge in [0.05, 0.1) is 24.6 Å². The number of para-hydroxylation sites is 2. The van der Waals surface area contributed by atoms with E-state index < -0.39 is 0 Å². The molecule has 1 aliphatic heterocycles. The largest absolute Gasteiger partial charge is 0.378 e. The first-order valence-electron chi connectivity index (χ1n) is 9.12. The lowest BCUT2D eigenvalue weighted by atomic mass is 10.2. The molecule has 0 amide bonds. The third-order valence-electron chi connectivity index (χ3n) is 4.27. The number of hydrogen-bond donors (Lipinski definition) is 2. The number of nitrogens with zero attached hydrogens (tertiary/aromatic N) is 4. The fourth-order valence-electron chi connectivity index (χ4n) is 2.93. The first-order valence-corrected chi connectivity index (χ1v) is 9.12. The number of aromatic nitrogens is 2. The molecule has 0 radical (unpaired) electrons. The van der Waals surface area contributed by atoms with Gasteiger partial charge in [0, 0.05) is 25.7 Å². The van der Waals surface area contributed by atoms with Gasteiger partial charge in [0.25, 0.3) is 0 Å². The topological polar surface area (TPSA) is 65.5 Å². The van der Waals surface area contributed by atoms with Crippen LogP contribution in [0.25, 0.3) is 0 Å². The molecule has 0 spiro atoms. The Kier molecular flexibility index (Phi) is 6.62. The van der Waals surface area contributed by atoms with Crippen molar-refractivity contribution in [1.29, 1.82) is 0 Å². The predicted octanol–water partition coefficient (Wildman–Crippen LogP) is 2.42. The second kappa shape index (κ2) is 9.35. The average molecular weight is 356 g/mol. The van der Waals surface area contributed by atoms with Crippen molar-refractivity contribution in [2.24, 2.45) is 0 Å². The Labute approximate surface area is 155 Å². The van der Waals surface area contributed by atoms with Crippen LogP contribution < -0.4 is 15.5 Å². The van der Waals surface area contributed by atoms with Gasteiger partial charge in [-0.2, -0.15) is 0 Å². The SMILES string of the molecule is CN(C)CCCNc1cc(Nc2ccccc2N2CCOCC2)ncn1. The van der Waals surface area contributed by atoms with Gasteiger partial charge in [-0.15, -0.1) is 0 Å². The zero-order valence-corrected chi connectivity index (χ0v) is 15.6. The highest BCUT2D eigenvalue weighted by atomic mass is 16.5. The molecule has 0 saturated carbocycles. The van der Waals surface area contributed by atoms with Crippen LogP contribution in [0.15, 0.2) is 36.7 Å². The second-order valence-electron chi connectivity index (χ2n) is 6.61. The monoisotopic (exact) mass is 356 g/mol. The van der Waals surface area contributed by atoms with Crippen molar-refractivity contribution in [3.8, 4) is 0 Å². The summed E-state index contributed by atoms with van der Waals surface area (Å²) in [6, 6.07) is 10.3. The van der Waals surface area contributed by atoms with Gasteiger partial charge in [-0.25, -0.2) is 9.97 Å². The summed E-state index contributed by atoms with van der Waals surface area (Å²) < 4.78 is 5.46. The fourth-order valence-corrected chi connectivity index (χ4v) is 2.93. The fraction of sp³-hybridized carbons (Fsp3) is 0.474. The lowest BCUT2D eigenvalue weighted by Crippen LogP contribution is -2.36. The Hall–Kier alpha value is -2.38. The molecule has 140 valence electrons. The number of nitrogens with one attached hydrogen (secondary N) is 2. The zero-order valence-electron chi connectivity index (χ0n) is 15.6. The smallest absolute Gasteiger partial charge is 0.135 e. The summed E-state index contributed by atoms with van der Waals surface area (Å²) in [5.74, 6) is 1.63. The molecule has 1 aromatic carbocycles. The maximum absolute atomic E-state index is 5.46. The maximum Gasteiger partial charge on any atom is 0.135 e. The first-order chi connectivity index (χ1) is 12.7. The highest BCUT2D eigenvalue weighted by Gasteiger charge is 2.14. The van der Waals surface area contributed by atoms with Gasteiger partial charge in [0.1, 0.15) is 18.0 Å². The van der Waals surface area contributed by atoms with Crippen LogP contribution in [0.1, 0.15) is 6.42 Å². The molecule has 2 heterocycles. The van der Waals surface area contributed by atoms with E-state index in [0.29, 0.717) is 0 Å². The third kappa shape index (κ3) is 5.31. The summed E-state index contributed by atoms with van der Waals surface area (Å²) in [5.41, 5.74) is 2.22. The van der Waals surface area contributed by atoms with Crippen LogP contribution in [0.3, 0.4) is 0 Å². The van der Waals surface area contributed by atoms with Gasteiger partial charge in [-0.1, -0.05) is 12.1 Å². The molecular formula is C19H28N6O. The normalized spacial score (nSPS) is 14.5. The van der Waals surface area contributed by atoms with E-state index >= 15 is 0 Å². The predicted molar refractivity (Wildman–Crippen MR) is 106 cm³/mol. The van der Waals surface area contributed by atoms with E-state index in [-0.39, 0.29) is 0 Å². The highest BCUT2D eigenvalue weighted by Crippen LogP contribution is 2.28. The Morgan fingerprint density at radius 3 is 2.69 bits per heavy atom. The maximum atomic E-state index is 5.46. The second-order valence-corrected chi connectivity index (χ2v) is 6.61. The van der Waals surface area contributed by atoms with Gasteiger partial charge >= 0.3 is 0 Å². The number of hydrogen-bond acceptors (Lipinski definition) is 7. The van der Waals surface area contributed by atoms with Crippen molar-refractivity contribution in [3.05, 3.63) is 36.7 Å². The minimum atomic E-state index is 0.767. The quantitative estimate of drug-likeness (QED) is 0.704. The van der Waals surface area contributed by atoms with E-state index in [1.807, 2.05) is 12.1 Å². The molecule has 0 unspecified atom stereocenters. The third-order valence-corrected chi connectivity index (χ3v) is 4.27. The molecule has 7 nitrogen and oxygen atoms in total. The van der Waals surface area contributed by atoms with E-state index in [1.165, 1.54) is 5.69 Å². The Balaban J connectivity index is 1.64. The van der Waals surface area contributed by atoms with E-state index in [1.54, 1.807) is 6.33 Å². The van der Waals surface area contributed by atoms with Crippen molar-refractivity contribution >= 4 is 23.0 Å². The molecule has 1 saturated heterocycles. The number of morpholine rings is 1. The van der Waals surface area contributed by atoms with Crippen molar-refractivity contribution in [2.45, 2.75) is 6.42 Å². The molecule has 1 fully saturated rings. The van der Waals surface area contributed by atoms with Crippen molar-refractivity contribution in [2.75, 3.05) is 69.0 Å². The van der Waals surface area contributed by atoms with Gasteiger partial charge in [-0.05, 0) is 39.2 Å². The van der Waals surface area contributed by atoms with E-state index in [4.69, 9.17) is 4.74 Å². The first kappa shape index (κ1) is 18.4. The molecule has 7 heteroatoms. The molecule has 26 heavy (non-hydrogen) atoms. The van der Waals surface area contributed by atoms with Crippen LogP contribution in [0.5, 0.6) is 0 Å². The minimum Gasteiger partial charge on any atom is -0.378 e. The summed E-state index contributed by atoms with van der Waals surface area (Å²) in [4.78, 5) is 13.2. The average Bonchev–Trinajstić information content (AvgIpc) is 2.67. The molecule has 0 aliphatic carbocycles. The van der Waals surface area contributed by atoms with E-state index in [9.17, 15) is 0 Å². The molecule has 1 aromatic heterocycles. The molecule has 0 bridgehead atoms. The van der Waals surface area contributed by atoms with E-state index in [2.05, 4.69) is 62.7 Å². The van der Waals surface area contributed by atoms with Crippen molar-refractivity contribution in [3.63, 3.8) is 0 Å². The molecule has 2 N–H and O–H groups in total. The Bertz CT molecular complexity index is 687. The zero-order chi connectivity index (χ0) is 18.2. The van der Waals surface area contributed by atoms with Gasteiger partial charge < -0.3 is 25.2 Å². The number of anilines is 4.